The number of aromatic nitrogens is 6. The van der Waals surface area contributed by atoms with Crippen LogP contribution in [-0.2, 0) is 31.4 Å². The predicted octanol–water partition coefficient (Wildman–Crippen LogP) is 11.5. The minimum absolute atomic E-state index is 0. The van der Waals surface area contributed by atoms with Crippen molar-refractivity contribution in [1.82, 2.24) is 29.2 Å². The van der Waals surface area contributed by atoms with Crippen LogP contribution in [0.15, 0.2) is 122 Å². The van der Waals surface area contributed by atoms with Crippen LogP contribution >= 0.6 is 0 Å². The van der Waals surface area contributed by atoms with Gasteiger partial charge in [-0.15, -0.1) is 11.1 Å². The SMILES string of the molecule is CCC(C)COCc1ccc(-c2cc[c-]c3c2c2ccccc2c2ccnn32)c(C)n1.Cc1ccc(-c2cc[c-]c3c2c2ccccc2c2ccnn32)c(C)n1.[Ir]. The summed E-state index contributed by atoms with van der Waals surface area (Å²) in [5, 5.41) is 16.3. The van der Waals surface area contributed by atoms with Gasteiger partial charge in [0.2, 0.25) is 0 Å². The first-order valence-corrected chi connectivity index (χ1v) is 19.3. The number of hydrogen-bond donors (Lipinski definition) is 0. The van der Waals surface area contributed by atoms with Crippen molar-refractivity contribution in [3.8, 4) is 22.3 Å². The summed E-state index contributed by atoms with van der Waals surface area (Å²) in [5.74, 6) is 0.569. The summed E-state index contributed by atoms with van der Waals surface area (Å²) in [6.45, 7) is 11.9. The van der Waals surface area contributed by atoms with E-state index in [1.165, 1.54) is 32.5 Å². The van der Waals surface area contributed by atoms with Gasteiger partial charge < -0.3 is 4.74 Å². The maximum atomic E-state index is 5.86. The van der Waals surface area contributed by atoms with E-state index in [0.717, 1.165) is 79.9 Å². The van der Waals surface area contributed by atoms with Crippen molar-refractivity contribution in [2.45, 2.75) is 47.6 Å². The van der Waals surface area contributed by atoms with E-state index in [-0.39, 0.29) is 20.1 Å². The van der Waals surface area contributed by atoms with Crippen molar-refractivity contribution < 1.29 is 24.8 Å². The Morgan fingerprint density at radius 3 is 1.61 bits per heavy atom. The van der Waals surface area contributed by atoms with Gasteiger partial charge in [0.25, 0.3) is 0 Å². The van der Waals surface area contributed by atoms with Crippen LogP contribution in [0.25, 0.3) is 76.6 Å². The van der Waals surface area contributed by atoms with Crippen molar-refractivity contribution in [3.05, 3.63) is 156 Å². The first kappa shape index (κ1) is 38.1. The average molecular weight is 923 g/mol. The van der Waals surface area contributed by atoms with Gasteiger partial charge in [0.05, 0.1) is 23.3 Å². The third-order valence-corrected chi connectivity index (χ3v) is 10.9. The van der Waals surface area contributed by atoms with E-state index in [2.05, 4.69) is 152 Å². The standard InChI is InChI=1S/C27H26N3O.C22H16N3.Ir/c1-4-18(2)16-31-17-20-12-13-21(19(3)29-20)23-10-7-11-26-27(23)24-9-6-5-8-22(24)25-14-15-28-30(25)26;1-14-10-11-16(15(2)24-14)18-8-5-9-21-22(18)19-7-4-3-6-17(19)20-12-13-23-25(20)21;/h5-10,12-15,18H,4,16-17H2,1-3H3;3-8,10-13H,1-2H3;/q2*-1;. The summed E-state index contributed by atoms with van der Waals surface area (Å²) < 4.78 is 9.83. The third-order valence-electron chi connectivity index (χ3n) is 10.9. The van der Waals surface area contributed by atoms with Crippen LogP contribution in [0.5, 0.6) is 0 Å². The summed E-state index contributed by atoms with van der Waals surface area (Å²) in [4.78, 5) is 9.51. The van der Waals surface area contributed by atoms with Crippen LogP contribution in [0.3, 0.4) is 0 Å². The fraction of sp³-hybridized carbons (Fsp3) is 0.184. The Morgan fingerprint density at radius 1 is 0.596 bits per heavy atom. The summed E-state index contributed by atoms with van der Waals surface area (Å²) in [6, 6.07) is 44.6. The molecule has 0 amide bonds. The molecule has 0 fully saturated rings. The van der Waals surface area contributed by atoms with E-state index in [4.69, 9.17) is 9.72 Å². The number of ether oxygens (including phenoxy) is 1. The number of pyridine rings is 4. The molecule has 10 aromatic rings. The topological polar surface area (TPSA) is 69.6 Å². The molecule has 0 saturated carbocycles. The maximum Gasteiger partial charge on any atom is 0.0888 e. The average Bonchev–Trinajstić information content (AvgIpc) is 3.93. The van der Waals surface area contributed by atoms with Crippen molar-refractivity contribution in [2.24, 2.45) is 5.92 Å². The molecule has 6 heterocycles. The second-order valence-corrected chi connectivity index (χ2v) is 14.6. The Bertz CT molecular complexity index is 3070. The van der Waals surface area contributed by atoms with Gasteiger partial charge in [0, 0.05) is 56.2 Å². The van der Waals surface area contributed by atoms with E-state index < -0.39 is 0 Å². The summed E-state index contributed by atoms with van der Waals surface area (Å²) >= 11 is 0. The second-order valence-electron chi connectivity index (χ2n) is 14.6. The van der Waals surface area contributed by atoms with Crippen LogP contribution in [0.1, 0.15) is 43.0 Å². The van der Waals surface area contributed by atoms with Gasteiger partial charge in [-0.1, -0.05) is 102 Å². The Kier molecular flexibility index (Phi) is 10.7. The number of nitrogens with zero attached hydrogens (tertiary/aromatic N) is 6. The summed E-state index contributed by atoms with van der Waals surface area (Å²) in [5.41, 5.74) is 12.8. The Labute approximate surface area is 345 Å². The van der Waals surface area contributed by atoms with Gasteiger partial charge in [0.15, 0.2) is 0 Å². The molecule has 0 N–H and O–H groups in total. The van der Waals surface area contributed by atoms with E-state index >= 15 is 0 Å². The summed E-state index contributed by atoms with van der Waals surface area (Å²) in [7, 11) is 0. The Morgan fingerprint density at radius 2 is 1.11 bits per heavy atom. The zero-order valence-corrected chi connectivity index (χ0v) is 35.1. The van der Waals surface area contributed by atoms with Crippen LogP contribution in [0.4, 0.5) is 0 Å². The van der Waals surface area contributed by atoms with Gasteiger partial charge in [0.1, 0.15) is 0 Å². The molecule has 1 atom stereocenters. The molecule has 6 aromatic heterocycles. The van der Waals surface area contributed by atoms with Crippen LogP contribution in [-0.4, -0.2) is 35.8 Å². The molecule has 0 bridgehead atoms. The largest absolute Gasteiger partial charge is 0.375 e. The van der Waals surface area contributed by atoms with Gasteiger partial charge in [-0.05, 0) is 83.9 Å². The third kappa shape index (κ3) is 6.88. The smallest absolute Gasteiger partial charge is 0.0888 e. The molecular formula is C49H42IrN6O-2. The number of hydrogen-bond acceptors (Lipinski definition) is 5. The quantitative estimate of drug-likeness (QED) is 0.118. The molecule has 1 unspecified atom stereocenters. The van der Waals surface area contributed by atoms with Gasteiger partial charge in [-0.3, -0.25) is 19.0 Å². The number of rotatable bonds is 7. The minimum Gasteiger partial charge on any atom is -0.375 e. The molecule has 0 spiro atoms. The first-order chi connectivity index (χ1) is 27.4. The molecule has 57 heavy (non-hydrogen) atoms. The van der Waals surface area contributed by atoms with Gasteiger partial charge >= 0.3 is 0 Å². The molecule has 4 aromatic carbocycles. The van der Waals surface area contributed by atoms with Crippen molar-refractivity contribution in [2.75, 3.05) is 6.61 Å². The first-order valence-electron chi connectivity index (χ1n) is 19.3. The maximum absolute atomic E-state index is 5.86. The fourth-order valence-electron chi connectivity index (χ4n) is 7.95. The molecule has 285 valence electrons. The fourth-order valence-corrected chi connectivity index (χ4v) is 7.95. The van der Waals surface area contributed by atoms with E-state index in [1.807, 2.05) is 40.5 Å². The Balaban J connectivity index is 0.000000160. The molecule has 0 aliphatic rings. The molecule has 1 radical (unpaired) electrons. The van der Waals surface area contributed by atoms with Crippen molar-refractivity contribution in [3.63, 3.8) is 0 Å². The van der Waals surface area contributed by atoms with Crippen LogP contribution in [0, 0.1) is 38.8 Å². The van der Waals surface area contributed by atoms with E-state index in [1.54, 1.807) is 0 Å². The number of benzene rings is 4. The van der Waals surface area contributed by atoms with Crippen molar-refractivity contribution >= 4 is 54.4 Å². The monoisotopic (exact) mass is 923 g/mol. The second kappa shape index (κ2) is 16.0. The zero-order valence-electron chi connectivity index (χ0n) is 32.7. The van der Waals surface area contributed by atoms with Crippen LogP contribution in [0.2, 0.25) is 0 Å². The van der Waals surface area contributed by atoms with E-state index in [0.29, 0.717) is 12.5 Å². The number of fused-ring (bicyclic) bond motifs is 12. The van der Waals surface area contributed by atoms with Crippen LogP contribution < -0.4 is 0 Å². The minimum atomic E-state index is 0. The molecule has 7 nitrogen and oxygen atoms in total. The molecule has 0 aliphatic carbocycles. The molecular weight excluding hydrogens is 881 g/mol. The molecule has 8 heteroatoms. The zero-order chi connectivity index (χ0) is 38.3. The normalized spacial score (nSPS) is 12.0. The molecule has 0 aliphatic heterocycles. The van der Waals surface area contributed by atoms with Gasteiger partial charge in [-0.2, -0.15) is 46.6 Å². The number of aryl methyl sites for hydroxylation is 3. The van der Waals surface area contributed by atoms with E-state index in [9.17, 15) is 0 Å². The summed E-state index contributed by atoms with van der Waals surface area (Å²) in [6.07, 6.45) is 4.82. The Hall–Kier alpha value is -5.79. The molecule has 10 rings (SSSR count). The predicted molar refractivity (Wildman–Crippen MR) is 228 cm³/mol. The van der Waals surface area contributed by atoms with Crippen molar-refractivity contribution in [1.29, 1.82) is 0 Å². The van der Waals surface area contributed by atoms with Gasteiger partial charge in [-0.25, -0.2) is 0 Å². The molecule has 0 saturated heterocycles.